The molecule has 7 nitrogen and oxygen atoms in total. The van der Waals surface area contributed by atoms with Crippen molar-refractivity contribution in [1.82, 2.24) is 5.43 Å². The molecular formula is C19H15N3O4. The molecule has 0 bridgehead atoms. The standard InChI is InChI=1S/C19H15N3O4/c1-12-6-7-13(8-17(12)22(25)26)11-20-21-19(24)16-9-14-4-2-3-5-15(14)10-18(16)23/h2-11,23H,1H3,(H,21,24). The predicted octanol–water partition coefficient (Wildman–Crippen LogP) is 3.53. The molecule has 0 unspecified atom stereocenters. The largest absolute Gasteiger partial charge is 0.507 e. The van der Waals surface area contributed by atoms with Gasteiger partial charge in [-0.25, -0.2) is 5.43 Å². The summed E-state index contributed by atoms with van der Waals surface area (Å²) in [6.07, 6.45) is 1.31. The number of hydrazone groups is 1. The van der Waals surface area contributed by atoms with Crippen molar-refractivity contribution < 1.29 is 14.8 Å². The Hall–Kier alpha value is -3.74. The number of amides is 1. The van der Waals surface area contributed by atoms with Crippen molar-refractivity contribution in [3.8, 4) is 5.75 Å². The van der Waals surface area contributed by atoms with Gasteiger partial charge in [-0.15, -0.1) is 0 Å². The van der Waals surface area contributed by atoms with E-state index in [0.717, 1.165) is 10.8 Å². The number of hydrogen-bond acceptors (Lipinski definition) is 5. The number of nitro benzene ring substituents is 1. The predicted molar refractivity (Wildman–Crippen MR) is 98.5 cm³/mol. The average molecular weight is 349 g/mol. The molecule has 26 heavy (non-hydrogen) atoms. The number of phenolic OH excluding ortho intramolecular Hbond substituents is 1. The zero-order chi connectivity index (χ0) is 18.7. The van der Waals surface area contributed by atoms with E-state index in [0.29, 0.717) is 11.1 Å². The van der Waals surface area contributed by atoms with E-state index in [2.05, 4.69) is 10.5 Å². The molecule has 0 saturated heterocycles. The van der Waals surface area contributed by atoms with Crippen molar-refractivity contribution >= 4 is 28.6 Å². The van der Waals surface area contributed by atoms with Crippen LogP contribution < -0.4 is 5.43 Å². The van der Waals surface area contributed by atoms with E-state index in [9.17, 15) is 20.0 Å². The van der Waals surface area contributed by atoms with Crippen LogP contribution in [-0.2, 0) is 0 Å². The summed E-state index contributed by atoms with van der Waals surface area (Å²) in [6, 6.07) is 15.1. The van der Waals surface area contributed by atoms with Crippen LogP contribution in [0, 0.1) is 17.0 Å². The van der Waals surface area contributed by atoms with Crippen LogP contribution in [-0.4, -0.2) is 22.2 Å². The summed E-state index contributed by atoms with van der Waals surface area (Å²) in [5.41, 5.74) is 3.41. The fraction of sp³-hybridized carbons (Fsp3) is 0.0526. The van der Waals surface area contributed by atoms with Crippen LogP contribution in [0.1, 0.15) is 21.5 Å². The van der Waals surface area contributed by atoms with Gasteiger partial charge in [0, 0.05) is 17.2 Å². The number of nitro groups is 1. The van der Waals surface area contributed by atoms with E-state index in [1.807, 2.05) is 24.3 Å². The fourth-order valence-electron chi connectivity index (χ4n) is 2.54. The third kappa shape index (κ3) is 3.51. The lowest BCUT2D eigenvalue weighted by molar-refractivity contribution is -0.385. The van der Waals surface area contributed by atoms with Crippen LogP contribution >= 0.6 is 0 Å². The van der Waals surface area contributed by atoms with E-state index in [-0.39, 0.29) is 17.0 Å². The van der Waals surface area contributed by atoms with Crippen LogP contribution in [0.4, 0.5) is 5.69 Å². The summed E-state index contributed by atoms with van der Waals surface area (Å²) in [6.45, 7) is 1.64. The average Bonchev–Trinajstić information content (AvgIpc) is 2.62. The number of phenols is 1. The fourth-order valence-corrected chi connectivity index (χ4v) is 2.54. The lowest BCUT2D eigenvalue weighted by Gasteiger charge is -2.05. The third-order valence-electron chi connectivity index (χ3n) is 3.92. The summed E-state index contributed by atoms with van der Waals surface area (Å²) in [7, 11) is 0. The lowest BCUT2D eigenvalue weighted by Crippen LogP contribution is -2.17. The van der Waals surface area contributed by atoms with Crippen LogP contribution in [0.2, 0.25) is 0 Å². The number of aryl methyl sites for hydroxylation is 1. The molecule has 0 fully saturated rings. The first-order valence-electron chi connectivity index (χ1n) is 7.76. The molecule has 0 atom stereocenters. The van der Waals surface area contributed by atoms with Gasteiger partial charge in [0.25, 0.3) is 11.6 Å². The Morgan fingerprint density at radius 1 is 1.15 bits per heavy atom. The van der Waals surface area contributed by atoms with Crippen molar-refractivity contribution in [2.45, 2.75) is 6.92 Å². The normalized spacial score (nSPS) is 11.0. The molecule has 3 aromatic carbocycles. The molecule has 0 spiro atoms. The molecule has 0 heterocycles. The van der Waals surface area contributed by atoms with Crippen molar-refractivity contribution in [1.29, 1.82) is 0 Å². The second kappa shape index (κ2) is 7.02. The Bertz CT molecular complexity index is 1040. The van der Waals surface area contributed by atoms with Crippen molar-refractivity contribution in [2.24, 2.45) is 5.10 Å². The second-order valence-corrected chi connectivity index (χ2v) is 5.72. The molecule has 0 aliphatic heterocycles. The summed E-state index contributed by atoms with van der Waals surface area (Å²) in [5.74, 6) is -0.728. The van der Waals surface area contributed by atoms with Crippen molar-refractivity contribution in [3.05, 3.63) is 81.4 Å². The highest BCUT2D eigenvalue weighted by atomic mass is 16.6. The number of carbonyl (C=O) groups is 1. The Morgan fingerprint density at radius 3 is 2.54 bits per heavy atom. The molecule has 2 N–H and O–H groups in total. The van der Waals surface area contributed by atoms with E-state index in [1.54, 1.807) is 25.1 Å². The minimum Gasteiger partial charge on any atom is -0.507 e. The highest BCUT2D eigenvalue weighted by molar-refractivity contribution is 6.01. The van der Waals surface area contributed by atoms with E-state index in [4.69, 9.17) is 0 Å². The van der Waals surface area contributed by atoms with Crippen molar-refractivity contribution in [3.63, 3.8) is 0 Å². The molecule has 3 rings (SSSR count). The molecule has 7 heteroatoms. The first kappa shape index (κ1) is 17.1. The molecular weight excluding hydrogens is 334 g/mol. The van der Waals surface area contributed by atoms with Gasteiger partial charge in [-0.1, -0.05) is 36.4 Å². The van der Waals surface area contributed by atoms with Gasteiger partial charge in [0.05, 0.1) is 16.7 Å². The summed E-state index contributed by atoms with van der Waals surface area (Å²) in [4.78, 5) is 22.7. The maximum Gasteiger partial charge on any atom is 0.275 e. The first-order chi connectivity index (χ1) is 12.5. The Kier molecular flexibility index (Phi) is 4.62. The SMILES string of the molecule is Cc1ccc(C=NNC(=O)c2cc3ccccc3cc2O)cc1[N+](=O)[O-]. The molecule has 0 aliphatic carbocycles. The first-order valence-corrected chi connectivity index (χ1v) is 7.76. The number of aromatic hydroxyl groups is 1. The maximum atomic E-state index is 12.2. The number of hydrogen-bond donors (Lipinski definition) is 2. The molecule has 3 aromatic rings. The van der Waals surface area contributed by atoms with Crippen LogP contribution in [0.15, 0.2) is 59.7 Å². The molecule has 0 aliphatic rings. The van der Waals surface area contributed by atoms with Gasteiger partial charge in [0.2, 0.25) is 0 Å². The van der Waals surface area contributed by atoms with Gasteiger partial charge >= 0.3 is 0 Å². The third-order valence-corrected chi connectivity index (χ3v) is 3.92. The van der Waals surface area contributed by atoms with Gasteiger partial charge in [0.1, 0.15) is 5.75 Å². The minimum atomic E-state index is -0.578. The maximum absolute atomic E-state index is 12.2. The zero-order valence-electron chi connectivity index (χ0n) is 13.8. The molecule has 1 amide bonds. The number of rotatable bonds is 4. The highest BCUT2D eigenvalue weighted by Crippen LogP contribution is 2.25. The van der Waals surface area contributed by atoms with Crippen LogP contribution in [0.3, 0.4) is 0 Å². The lowest BCUT2D eigenvalue weighted by atomic mass is 10.1. The number of fused-ring (bicyclic) bond motifs is 1. The van der Waals surface area contributed by atoms with Crippen LogP contribution in [0.25, 0.3) is 10.8 Å². The molecule has 0 radical (unpaired) electrons. The quantitative estimate of drug-likeness (QED) is 0.427. The number of benzene rings is 3. The van der Waals surface area contributed by atoms with Crippen LogP contribution in [0.5, 0.6) is 5.75 Å². The van der Waals surface area contributed by atoms with Gasteiger partial charge in [-0.2, -0.15) is 5.10 Å². The topological polar surface area (TPSA) is 105 Å². The van der Waals surface area contributed by atoms with Gasteiger partial charge in [-0.05, 0) is 29.8 Å². The highest BCUT2D eigenvalue weighted by Gasteiger charge is 2.12. The van der Waals surface area contributed by atoms with Crippen molar-refractivity contribution in [2.75, 3.05) is 0 Å². The summed E-state index contributed by atoms with van der Waals surface area (Å²) >= 11 is 0. The van der Waals surface area contributed by atoms with E-state index >= 15 is 0 Å². The van der Waals surface area contributed by atoms with E-state index in [1.165, 1.54) is 18.3 Å². The smallest absolute Gasteiger partial charge is 0.275 e. The minimum absolute atomic E-state index is 0.0209. The molecule has 130 valence electrons. The van der Waals surface area contributed by atoms with Gasteiger partial charge in [-0.3, -0.25) is 14.9 Å². The Morgan fingerprint density at radius 2 is 1.85 bits per heavy atom. The number of carbonyl (C=O) groups excluding carboxylic acids is 1. The Balaban J connectivity index is 1.79. The van der Waals surface area contributed by atoms with Gasteiger partial charge < -0.3 is 5.11 Å². The zero-order valence-corrected chi connectivity index (χ0v) is 13.8. The summed E-state index contributed by atoms with van der Waals surface area (Å²) < 4.78 is 0. The monoisotopic (exact) mass is 349 g/mol. The van der Waals surface area contributed by atoms with E-state index < -0.39 is 10.8 Å². The molecule has 0 aromatic heterocycles. The molecule has 0 saturated carbocycles. The number of nitrogens with zero attached hydrogens (tertiary/aromatic N) is 2. The van der Waals surface area contributed by atoms with Gasteiger partial charge in [0.15, 0.2) is 0 Å². The Labute approximate surface area is 148 Å². The number of nitrogens with one attached hydrogen (secondary N) is 1. The summed E-state index contributed by atoms with van der Waals surface area (Å²) in [5, 5.41) is 26.4. The second-order valence-electron chi connectivity index (χ2n) is 5.72.